The lowest BCUT2D eigenvalue weighted by molar-refractivity contribution is 0.0941. The number of amides is 1. The van der Waals surface area contributed by atoms with Crippen molar-refractivity contribution in [2.24, 2.45) is 0 Å². The molecule has 0 atom stereocenters. The van der Waals surface area contributed by atoms with Crippen LogP contribution in [0.5, 0.6) is 0 Å². The van der Waals surface area contributed by atoms with Crippen LogP contribution in [0.1, 0.15) is 22.1 Å². The zero-order valence-electron chi connectivity index (χ0n) is 12.1. The molecule has 0 bridgehead atoms. The van der Waals surface area contributed by atoms with Crippen molar-refractivity contribution in [2.75, 3.05) is 5.32 Å². The fourth-order valence-corrected chi connectivity index (χ4v) is 2.97. The van der Waals surface area contributed by atoms with Crippen LogP contribution in [-0.2, 0) is 0 Å². The molecular weight excluding hydrogens is 335 g/mol. The van der Waals surface area contributed by atoms with Gasteiger partial charge < -0.3 is 5.32 Å². The van der Waals surface area contributed by atoms with E-state index < -0.39 is 0 Å². The molecule has 4 nitrogen and oxygen atoms in total. The molecule has 3 aromatic rings. The highest BCUT2D eigenvalue weighted by molar-refractivity contribution is 6.35. The zero-order chi connectivity index (χ0) is 16.6. The second-order valence-electron chi connectivity index (χ2n) is 5.06. The number of nitrogens with zero attached hydrogens (tertiary/aromatic N) is 1. The molecule has 0 spiro atoms. The van der Waals surface area contributed by atoms with Gasteiger partial charge in [-0.1, -0.05) is 41.4 Å². The van der Waals surface area contributed by atoms with Crippen molar-refractivity contribution in [2.45, 2.75) is 6.92 Å². The molecule has 0 saturated heterocycles. The minimum atomic E-state index is -0.334. The van der Waals surface area contributed by atoms with Gasteiger partial charge in [0.2, 0.25) is 5.91 Å². The maximum Gasteiger partial charge on any atom is 0.257 e. The normalized spacial score (nSPS) is 10.7. The van der Waals surface area contributed by atoms with E-state index in [1.165, 1.54) is 17.7 Å². The highest BCUT2D eigenvalue weighted by Crippen LogP contribution is 2.25. The monoisotopic (exact) mass is 346 g/mol. The number of anilines is 1. The number of para-hydroxylation sites is 1. The third-order valence-electron chi connectivity index (χ3n) is 3.42. The molecule has 0 aliphatic rings. The van der Waals surface area contributed by atoms with Crippen molar-refractivity contribution in [1.82, 2.24) is 4.57 Å². The molecule has 1 N–H and O–H groups in total. The van der Waals surface area contributed by atoms with Crippen LogP contribution in [0, 0.1) is 0 Å². The molecule has 6 heteroatoms. The van der Waals surface area contributed by atoms with Gasteiger partial charge in [-0.2, -0.15) is 0 Å². The summed E-state index contributed by atoms with van der Waals surface area (Å²) in [5, 5.41) is 4.31. The van der Waals surface area contributed by atoms with E-state index in [0.29, 0.717) is 32.2 Å². The summed E-state index contributed by atoms with van der Waals surface area (Å²) in [5.74, 6) is -0.495. The average molecular weight is 347 g/mol. The van der Waals surface area contributed by atoms with Crippen molar-refractivity contribution in [1.29, 1.82) is 0 Å². The number of hydrogen-bond acceptors (Lipinski definition) is 2. The Morgan fingerprint density at radius 1 is 1.04 bits per heavy atom. The van der Waals surface area contributed by atoms with E-state index in [1.807, 2.05) is 12.1 Å². The molecule has 0 aliphatic carbocycles. The van der Waals surface area contributed by atoms with Crippen molar-refractivity contribution in [3.05, 3.63) is 64.3 Å². The lowest BCUT2D eigenvalue weighted by atomic mass is 10.1. The Labute approximate surface area is 142 Å². The fraction of sp³-hybridized carbons (Fsp3) is 0.0588. The average Bonchev–Trinajstić information content (AvgIpc) is 2.86. The number of carbonyl (C=O) groups excluding carboxylic acids is 2. The summed E-state index contributed by atoms with van der Waals surface area (Å²) in [7, 11) is 0. The van der Waals surface area contributed by atoms with Gasteiger partial charge in [0.25, 0.3) is 5.91 Å². The molecule has 3 rings (SSSR count). The summed E-state index contributed by atoms with van der Waals surface area (Å²) in [5.41, 5.74) is 1.59. The molecule has 116 valence electrons. The largest absolute Gasteiger partial charge is 0.322 e. The maximum absolute atomic E-state index is 12.6. The van der Waals surface area contributed by atoms with Gasteiger partial charge in [0.15, 0.2) is 0 Å². The molecule has 0 saturated carbocycles. The smallest absolute Gasteiger partial charge is 0.257 e. The van der Waals surface area contributed by atoms with Crippen LogP contribution < -0.4 is 5.32 Å². The van der Waals surface area contributed by atoms with E-state index in [1.54, 1.807) is 30.3 Å². The summed E-state index contributed by atoms with van der Waals surface area (Å²) < 4.78 is 1.45. The van der Waals surface area contributed by atoms with Crippen LogP contribution in [0.25, 0.3) is 10.9 Å². The van der Waals surface area contributed by atoms with Crippen LogP contribution in [0.15, 0.2) is 48.7 Å². The van der Waals surface area contributed by atoms with E-state index in [9.17, 15) is 9.59 Å². The summed E-state index contributed by atoms with van der Waals surface area (Å²) in [6, 6.07) is 12.0. The number of fused-ring (bicyclic) bond motifs is 1. The predicted molar refractivity (Wildman–Crippen MR) is 92.7 cm³/mol. The van der Waals surface area contributed by atoms with Crippen LogP contribution in [0.2, 0.25) is 10.0 Å². The molecule has 0 aliphatic heterocycles. The third kappa shape index (κ3) is 3.09. The van der Waals surface area contributed by atoms with Gasteiger partial charge in [0, 0.05) is 34.2 Å². The molecule has 1 amide bonds. The van der Waals surface area contributed by atoms with Crippen molar-refractivity contribution >= 4 is 51.6 Å². The highest BCUT2D eigenvalue weighted by Gasteiger charge is 2.16. The van der Waals surface area contributed by atoms with E-state index >= 15 is 0 Å². The zero-order valence-corrected chi connectivity index (χ0v) is 13.7. The molecule has 1 heterocycles. The lowest BCUT2D eigenvalue weighted by Crippen LogP contribution is -2.12. The van der Waals surface area contributed by atoms with Crippen molar-refractivity contribution < 1.29 is 9.59 Å². The predicted octanol–water partition coefficient (Wildman–Crippen LogP) is 4.86. The summed E-state index contributed by atoms with van der Waals surface area (Å²) >= 11 is 11.9. The minimum absolute atomic E-state index is 0.161. The fourth-order valence-electron chi connectivity index (χ4n) is 2.45. The Bertz CT molecular complexity index is 911. The van der Waals surface area contributed by atoms with Gasteiger partial charge >= 0.3 is 0 Å². The number of carbonyl (C=O) groups is 2. The maximum atomic E-state index is 12.6. The van der Waals surface area contributed by atoms with Crippen LogP contribution >= 0.6 is 23.2 Å². The quantitative estimate of drug-likeness (QED) is 0.720. The Morgan fingerprint density at radius 2 is 1.70 bits per heavy atom. The number of hydrogen-bond donors (Lipinski definition) is 1. The number of aromatic nitrogens is 1. The second-order valence-corrected chi connectivity index (χ2v) is 5.93. The number of halogens is 2. The molecular formula is C17H12Cl2N2O2. The SMILES string of the molecule is CC(=O)n1cc(C(=O)Nc2cc(Cl)cc(Cl)c2)c2ccccc21. The van der Waals surface area contributed by atoms with Gasteiger partial charge in [-0.3, -0.25) is 14.2 Å². The van der Waals surface area contributed by atoms with Gasteiger partial charge in [0.05, 0.1) is 11.1 Å². The van der Waals surface area contributed by atoms with Crippen molar-refractivity contribution in [3.63, 3.8) is 0 Å². The number of rotatable bonds is 2. The van der Waals surface area contributed by atoms with Crippen molar-refractivity contribution in [3.8, 4) is 0 Å². The first-order valence-electron chi connectivity index (χ1n) is 6.84. The molecule has 2 aromatic carbocycles. The molecule has 0 radical (unpaired) electrons. The first kappa shape index (κ1) is 15.6. The standard InChI is InChI=1S/C17H12Cl2N2O2/c1-10(22)21-9-15(14-4-2-3-5-16(14)21)17(23)20-13-7-11(18)6-12(19)8-13/h2-9H,1H3,(H,20,23). The van der Waals surface area contributed by atoms with Crippen LogP contribution in [-0.4, -0.2) is 16.4 Å². The van der Waals surface area contributed by atoms with E-state index in [2.05, 4.69) is 5.32 Å². The topological polar surface area (TPSA) is 51.1 Å². The Kier molecular flexibility index (Phi) is 4.11. The molecule has 0 unspecified atom stereocenters. The number of benzene rings is 2. The van der Waals surface area contributed by atoms with Crippen LogP contribution in [0.3, 0.4) is 0 Å². The van der Waals surface area contributed by atoms with E-state index in [-0.39, 0.29) is 11.8 Å². The first-order chi connectivity index (χ1) is 11.0. The van der Waals surface area contributed by atoms with Gasteiger partial charge in [-0.25, -0.2) is 0 Å². The van der Waals surface area contributed by atoms with Crippen LogP contribution in [0.4, 0.5) is 5.69 Å². The van der Waals surface area contributed by atoms with E-state index in [4.69, 9.17) is 23.2 Å². The summed E-state index contributed by atoms with van der Waals surface area (Å²) in [6.45, 7) is 1.45. The lowest BCUT2D eigenvalue weighted by Gasteiger charge is -2.05. The third-order valence-corrected chi connectivity index (χ3v) is 3.85. The first-order valence-corrected chi connectivity index (χ1v) is 7.60. The molecule has 0 fully saturated rings. The Morgan fingerprint density at radius 3 is 2.35 bits per heavy atom. The number of nitrogens with one attached hydrogen (secondary N) is 1. The molecule has 23 heavy (non-hydrogen) atoms. The second kappa shape index (κ2) is 6.07. The summed E-state index contributed by atoms with van der Waals surface area (Å²) in [4.78, 5) is 24.3. The Hall–Kier alpha value is -2.30. The summed E-state index contributed by atoms with van der Waals surface area (Å²) in [6.07, 6.45) is 1.54. The van der Waals surface area contributed by atoms with Gasteiger partial charge in [-0.05, 0) is 24.3 Å². The van der Waals surface area contributed by atoms with Gasteiger partial charge in [-0.15, -0.1) is 0 Å². The highest BCUT2D eigenvalue weighted by atomic mass is 35.5. The van der Waals surface area contributed by atoms with Gasteiger partial charge in [0.1, 0.15) is 0 Å². The molecule has 1 aromatic heterocycles. The van der Waals surface area contributed by atoms with E-state index in [0.717, 1.165) is 0 Å². The minimum Gasteiger partial charge on any atom is -0.322 e. The Balaban J connectivity index is 2.02.